The van der Waals surface area contributed by atoms with Crippen molar-refractivity contribution < 1.29 is 34.1 Å². The molecule has 0 spiro atoms. The Morgan fingerprint density at radius 2 is 1.60 bits per heavy atom. The molecule has 9 heteroatoms. The first kappa shape index (κ1) is 24.7. The van der Waals surface area contributed by atoms with E-state index in [0.717, 1.165) is 22.3 Å². The first-order valence-corrected chi connectivity index (χ1v) is 11.8. The number of aliphatic carboxylic acids is 1. The summed E-state index contributed by atoms with van der Waals surface area (Å²) in [5.74, 6) is -1.29. The molecule has 1 heterocycles. The van der Waals surface area contributed by atoms with Crippen LogP contribution >= 0.6 is 0 Å². The highest BCUT2D eigenvalue weighted by Crippen LogP contribution is 2.44. The third kappa shape index (κ3) is 6.17. The van der Waals surface area contributed by atoms with Gasteiger partial charge in [0.25, 0.3) is 0 Å². The van der Waals surface area contributed by atoms with E-state index in [1.54, 1.807) is 4.90 Å². The van der Waals surface area contributed by atoms with Crippen LogP contribution in [-0.2, 0) is 19.1 Å². The fraction of sp³-hybridized carbons (Fsp3) is 0.423. The van der Waals surface area contributed by atoms with E-state index in [2.05, 4.69) is 17.4 Å². The molecular weight excluding hydrogens is 452 g/mol. The van der Waals surface area contributed by atoms with Crippen LogP contribution in [0.1, 0.15) is 36.3 Å². The lowest BCUT2D eigenvalue weighted by atomic mass is 9.98. The number of aliphatic hydroxyl groups excluding tert-OH is 1. The maximum absolute atomic E-state index is 12.4. The minimum atomic E-state index is -1.04. The molecule has 0 radical (unpaired) electrons. The number of hydrogen-bond donors (Lipinski definition) is 3. The van der Waals surface area contributed by atoms with E-state index >= 15 is 0 Å². The van der Waals surface area contributed by atoms with Crippen LogP contribution in [0.4, 0.5) is 4.79 Å². The zero-order valence-corrected chi connectivity index (χ0v) is 19.4. The Bertz CT molecular complexity index is 1020. The molecule has 2 aliphatic rings. The second-order valence-electron chi connectivity index (χ2n) is 8.85. The summed E-state index contributed by atoms with van der Waals surface area (Å²) in [5.41, 5.74) is 4.51. The molecule has 2 amide bonds. The molecule has 1 aliphatic heterocycles. The van der Waals surface area contributed by atoms with Crippen LogP contribution in [0.5, 0.6) is 0 Å². The number of hydrogen-bond acceptors (Lipinski definition) is 6. The Kier molecular flexibility index (Phi) is 7.99. The molecule has 2 aromatic rings. The van der Waals surface area contributed by atoms with E-state index in [0.29, 0.717) is 25.9 Å². The number of carboxylic acid groups (broad SMARTS) is 1. The van der Waals surface area contributed by atoms with E-state index in [-0.39, 0.29) is 44.1 Å². The Morgan fingerprint density at radius 3 is 2.20 bits per heavy atom. The van der Waals surface area contributed by atoms with Gasteiger partial charge >= 0.3 is 12.1 Å². The topological polar surface area (TPSA) is 125 Å². The first-order valence-electron chi connectivity index (χ1n) is 11.8. The van der Waals surface area contributed by atoms with E-state index in [1.165, 1.54) is 0 Å². The van der Waals surface area contributed by atoms with Crippen molar-refractivity contribution in [3.63, 3.8) is 0 Å². The summed E-state index contributed by atoms with van der Waals surface area (Å²) in [6.07, 6.45) is -0.890. The summed E-state index contributed by atoms with van der Waals surface area (Å²) in [4.78, 5) is 36.9. The number of carbonyl (C=O) groups excluding carboxylic acids is 2. The number of nitrogens with zero attached hydrogens (tertiary/aromatic N) is 1. The minimum Gasteiger partial charge on any atom is -0.480 e. The molecule has 1 fully saturated rings. The number of benzene rings is 2. The standard InChI is InChI=1S/C26H30N2O7/c29-17(13-24(30)28-11-9-18(10-12-28)34-16-25(31)32)14-27-26(33)35-15-23-21-7-3-1-5-19(21)20-6-2-4-8-22(20)23/h1-8,17-18,23,29H,9-16H2,(H,27,33)(H,31,32). The number of piperidine rings is 1. The number of aliphatic hydroxyl groups is 1. The first-order chi connectivity index (χ1) is 16.9. The highest BCUT2D eigenvalue weighted by Gasteiger charge is 2.29. The SMILES string of the molecule is O=C(O)COC1CCN(C(=O)CC(O)CNC(=O)OCC2c3ccccc3-c3ccccc32)CC1. The van der Waals surface area contributed by atoms with Crippen molar-refractivity contribution in [2.75, 3.05) is 32.8 Å². The molecule has 4 rings (SSSR count). The number of amides is 2. The van der Waals surface area contributed by atoms with Crippen molar-refractivity contribution >= 4 is 18.0 Å². The molecule has 0 saturated carbocycles. The highest BCUT2D eigenvalue weighted by atomic mass is 16.5. The van der Waals surface area contributed by atoms with Crippen LogP contribution in [0.3, 0.4) is 0 Å². The number of rotatable bonds is 9. The van der Waals surface area contributed by atoms with Gasteiger partial charge in [-0.25, -0.2) is 9.59 Å². The van der Waals surface area contributed by atoms with Gasteiger partial charge in [-0.15, -0.1) is 0 Å². The van der Waals surface area contributed by atoms with E-state index in [9.17, 15) is 19.5 Å². The minimum absolute atomic E-state index is 0.0537. The van der Waals surface area contributed by atoms with Crippen molar-refractivity contribution in [1.82, 2.24) is 10.2 Å². The zero-order chi connectivity index (χ0) is 24.8. The van der Waals surface area contributed by atoms with E-state index < -0.39 is 18.2 Å². The molecule has 9 nitrogen and oxygen atoms in total. The summed E-state index contributed by atoms with van der Waals surface area (Å²) in [6, 6.07) is 16.1. The summed E-state index contributed by atoms with van der Waals surface area (Å²) in [7, 11) is 0. The molecule has 186 valence electrons. The number of nitrogens with one attached hydrogen (secondary N) is 1. The van der Waals surface area contributed by atoms with Crippen LogP contribution in [0, 0.1) is 0 Å². The Morgan fingerprint density at radius 1 is 1.00 bits per heavy atom. The second-order valence-corrected chi connectivity index (χ2v) is 8.85. The monoisotopic (exact) mass is 482 g/mol. The van der Waals surface area contributed by atoms with Gasteiger partial charge in [-0.05, 0) is 35.1 Å². The Hall–Kier alpha value is -3.43. The average Bonchev–Trinajstić information content (AvgIpc) is 3.19. The lowest BCUT2D eigenvalue weighted by Crippen LogP contribution is -2.43. The molecule has 2 aromatic carbocycles. The maximum atomic E-state index is 12.4. The van der Waals surface area contributed by atoms with E-state index in [4.69, 9.17) is 14.6 Å². The fourth-order valence-electron chi connectivity index (χ4n) is 4.71. The van der Waals surface area contributed by atoms with Gasteiger partial charge in [0, 0.05) is 25.6 Å². The molecule has 35 heavy (non-hydrogen) atoms. The third-order valence-electron chi connectivity index (χ3n) is 6.47. The van der Waals surface area contributed by atoms with Gasteiger partial charge in [-0.1, -0.05) is 48.5 Å². The van der Waals surface area contributed by atoms with Crippen LogP contribution in [-0.4, -0.2) is 78.1 Å². The van der Waals surface area contributed by atoms with Gasteiger partial charge < -0.3 is 29.9 Å². The van der Waals surface area contributed by atoms with Gasteiger partial charge in [0.15, 0.2) is 0 Å². The summed E-state index contributed by atoms with van der Waals surface area (Å²) >= 11 is 0. The molecule has 0 bridgehead atoms. The lowest BCUT2D eigenvalue weighted by molar-refractivity contribution is -0.147. The van der Waals surface area contributed by atoms with Gasteiger partial charge in [0.1, 0.15) is 13.2 Å². The van der Waals surface area contributed by atoms with Crippen LogP contribution < -0.4 is 5.32 Å². The Labute approximate surface area is 203 Å². The average molecular weight is 483 g/mol. The zero-order valence-electron chi connectivity index (χ0n) is 19.4. The maximum Gasteiger partial charge on any atom is 0.407 e. The number of likely N-dealkylation sites (tertiary alicyclic amines) is 1. The molecule has 1 atom stereocenters. The largest absolute Gasteiger partial charge is 0.480 e. The number of carboxylic acids is 1. The van der Waals surface area contributed by atoms with Crippen LogP contribution in [0.15, 0.2) is 48.5 Å². The van der Waals surface area contributed by atoms with Crippen molar-refractivity contribution in [1.29, 1.82) is 0 Å². The van der Waals surface area contributed by atoms with Gasteiger partial charge in [-0.2, -0.15) is 0 Å². The lowest BCUT2D eigenvalue weighted by Gasteiger charge is -2.32. The molecule has 1 aliphatic carbocycles. The van der Waals surface area contributed by atoms with Crippen LogP contribution in [0.25, 0.3) is 11.1 Å². The molecule has 3 N–H and O–H groups in total. The summed E-state index contributed by atoms with van der Waals surface area (Å²) in [6.45, 7) is 0.610. The van der Waals surface area contributed by atoms with Gasteiger partial charge in [-0.3, -0.25) is 4.79 Å². The van der Waals surface area contributed by atoms with Crippen molar-refractivity contribution in [3.8, 4) is 11.1 Å². The van der Waals surface area contributed by atoms with Crippen LogP contribution in [0.2, 0.25) is 0 Å². The fourth-order valence-corrected chi connectivity index (χ4v) is 4.71. The molecule has 1 saturated heterocycles. The van der Waals surface area contributed by atoms with Crippen molar-refractivity contribution in [3.05, 3.63) is 59.7 Å². The third-order valence-corrected chi connectivity index (χ3v) is 6.47. The quantitative estimate of drug-likeness (QED) is 0.501. The number of ether oxygens (including phenoxy) is 2. The van der Waals surface area contributed by atoms with Crippen molar-refractivity contribution in [2.45, 2.75) is 37.4 Å². The van der Waals surface area contributed by atoms with Gasteiger partial charge in [0.2, 0.25) is 5.91 Å². The Balaban J connectivity index is 1.19. The predicted octanol–water partition coefficient (Wildman–Crippen LogP) is 2.37. The highest BCUT2D eigenvalue weighted by molar-refractivity contribution is 5.79. The van der Waals surface area contributed by atoms with Crippen molar-refractivity contribution in [2.24, 2.45) is 0 Å². The smallest absolute Gasteiger partial charge is 0.407 e. The summed E-state index contributed by atoms with van der Waals surface area (Å²) < 4.78 is 10.7. The normalized spacial score (nSPS) is 16.3. The number of fused-ring (bicyclic) bond motifs is 3. The number of carbonyl (C=O) groups is 3. The molecule has 1 unspecified atom stereocenters. The summed E-state index contributed by atoms with van der Waals surface area (Å²) in [5, 5.41) is 21.5. The van der Waals surface area contributed by atoms with Gasteiger partial charge in [0.05, 0.1) is 18.6 Å². The number of alkyl carbamates (subject to hydrolysis) is 1. The second kappa shape index (κ2) is 11.3. The molecular formula is C26H30N2O7. The van der Waals surface area contributed by atoms with E-state index in [1.807, 2.05) is 36.4 Å². The molecule has 0 aromatic heterocycles. The predicted molar refractivity (Wildman–Crippen MR) is 127 cm³/mol.